The molecule has 1 aliphatic rings. The van der Waals surface area contributed by atoms with E-state index in [0.717, 1.165) is 12.0 Å². The van der Waals surface area contributed by atoms with Gasteiger partial charge in [-0.25, -0.2) is 0 Å². The summed E-state index contributed by atoms with van der Waals surface area (Å²) >= 11 is 0. The van der Waals surface area contributed by atoms with Gasteiger partial charge < -0.3 is 24.1 Å². The number of carbonyl (C=O) groups excluding carboxylic acids is 1. The molecule has 7 nitrogen and oxygen atoms in total. The minimum atomic E-state index is -0.0879. The van der Waals surface area contributed by atoms with Gasteiger partial charge in [-0.2, -0.15) is 0 Å². The van der Waals surface area contributed by atoms with Crippen LogP contribution in [0.15, 0.2) is 28.8 Å². The fourth-order valence-electron chi connectivity index (χ4n) is 2.43. The summed E-state index contributed by atoms with van der Waals surface area (Å²) in [4.78, 5) is 11.9. The molecule has 0 bridgehead atoms. The molecule has 0 unspecified atom stereocenters. The molecule has 1 aromatic carbocycles. The SMILES string of the molecule is CC(C)OCCCNC(=O)Cc1cc(-c2ccc3c(c2)OCO3)on1. The third-order valence-corrected chi connectivity index (χ3v) is 3.65. The fourth-order valence-corrected chi connectivity index (χ4v) is 2.43. The van der Waals surface area contributed by atoms with Crippen molar-refractivity contribution in [3.63, 3.8) is 0 Å². The standard InChI is InChI=1S/C18H22N2O5/c1-12(2)22-7-3-6-19-18(21)10-14-9-16(25-20-14)13-4-5-15-17(8-13)24-11-23-15/h4-5,8-9,12H,3,6-7,10-11H2,1-2H3,(H,19,21). The number of hydrogen-bond acceptors (Lipinski definition) is 6. The summed E-state index contributed by atoms with van der Waals surface area (Å²) in [6.07, 6.45) is 1.17. The van der Waals surface area contributed by atoms with E-state index in [2.05, 4.69) is 10.5 Å². The molecular weight excluding hydrogens is 324 g/mol. The van der Waals surface area contributed by atoms with Gasteiger partial charge in [-0.05, 0) is 38.5 Å². The quantitative estimate of drug-likeness (QED) is 0.740. The van der Waals surface area contributed by atoms with Crippen molar-refractivity contribution < 1.29 is 23.5 Å². The molecule has 7 heteroatoms. The van der Waals surface area contributed by atoms with E-state index in [0.29, 0.717) is 36.1 Å². The van der Waals surface area contributed by atoms with Crippen LogP contribution in [0.4, 0.5) is 0 Å². The maximum Gasteiger partial charge on any atom is 0.231 e. The van der Waals surface area contributed by atoms with Crippen LogP contribution in [-0.2, 0) is 16.0 Å². The lowest BCUT2D eigenvalue weighted by molar-refractivity contribution is -0.120. The molecular formula is C18H22N2O5. The molecule has 1 aromatic heterocycles. The Labute approximate surface area is 146 Å². The molecule has 0 radical (unpaired) electrons. The number of aromatic nitrogens is 1. The average molecular weight is 346 g/mol. The fraction of sp³-hybridized carbons (Fsp3) is 0.444. The Kier molecular flexibility index (Phi) is 5.55. The smallest absolute Gasteiger partial charge is 0.231 e. The van der Waals surface area contributed by atoms with Crippen molar-refractivity contribution in [1.29, 1.82) is 0 Å². The normalized spacial score (nSPS) is 12.6. The first kappa shape index (κ1) is 17.3. The molecule has 134 valence electrons. The third kappa shape index (κ3) is 4.73. The van der Waals surface area contributed by atoms with E-state index in [9.17, 15) is 4.79 Å². The lowest BCUT2D eigenvalue weighted by atomic mass is 10.1. The van der Waals surface area contributed by atoms with Crippen molar-refractivity contribution in [3.8, 4) is 22.8 Å². The van der Waals surface area contributed by atoms with Crippen LogP contribution in [0.5, 0.6) is 11.5 Å². The Balaban J connectivity index is 1.49. The number of carbonyl (C=O) groups is 1. The van der Waals surface area contributed by atoms with Gasteiger partial charge in [0.1, 0.15) is 0 Å². The summed E-state index contributed by atoms with van der Waals surface area (Å²) in [6, 6.07) is 7.29. The number of amides is 1. The number of hydrogen-bond donors (Lipinski definition) is 1. The molecule has 2 aromatic rings. The molecule has 0 aliphatic carbocycles. The Morgan fingerprint density at radius 1 is 1.28 bits per heavy atom. The summed E-state index contributed by atoms with van der Waals surface area (Å²) in [6.45, 7) is 5.42. The van der Waals surface area contributed by atoms with Crippen molar-refractivity contribution in [1.82, 2.24) is 10.5 Å². The predicted octanol–water partition coefficient (Wildman–Crippen LogP) is 2.54. The van der Waals surface area contributed by atoms with Crippen LogP contribution in [0.25, 0.3) is 11.3 Å². The number of benzene rings is 1. The van der Waals surface area contributed by atoms with E-state index in [1.807, 2.05) is 32.0 Å². The third-order valence-electron chi connectivity index (χ3n) is 3.65. The molecule has 25 heavy (non-hydrogen) atoms. The largest absolute Gasteiger partial charge is 0.454 e. The highest BCUT2D eigenvalue weighted by Crippen LogP contribution is 2.35. The molecule has 0 fully saturated rings. The predicted molar refractivity (Wildman–Crippen MR) is 90.5 cm³/mol. The Morgan fingerprint density at radius 3 is 2.96 bits per heavy atom. The second kappa shape index (κ2) is 8.02. The highest BCUT2D eigenvalue weighted by Gasteiger charge is 2.16. The molecule has 0 saturated carbocycles. The van der Waals surface area contributed by atoms with Gasteiger partial charge in [-0.15, -0.1) is 0 Å². The lowest BCUT2D eigenvalue weighted by Crippen LogP contribution is -2.27. The summed E-state index contributed by atoms with van der Waals surface area (Å²) in [5.74, 6) is 1.89. The van der Waals surface area contributed by atoms with Crippen LogP contribution in [0.2, 0.25) is 0 Å². The highest BCUT2D eigenvalue weighted by molar-refractivity contribution is 5.78. The van der Waals surface area contributed by atoms with E-state index in [-0.39, 0.29) is 25.2 Å². The first-order valence-electron chi connectivity index (χ1n) is 8.36. The molecule has 0 atom stereocenters. The van der Waals surface area contributed by atoms with E-state index >= 15 is 0 Å². The summed E-state index contributed by atoms with van der Waals surface area (Å²) in [5, 5.41) is 6.81. The summed E-state index contributed by atoms with van der Waals surface area (Å²) in [7, 11) is 0. The number of rotatable bonds is 8. The van der Waals surface area contributed by atoms with Crippen molar-refractivity contribution >= 4 is 5.91 Å². The van der Waals surface area contributed by atoms with Gasteiger partial charge in [-0.1, -0.05) is 5.16 Å². The number of nitrogens with zero attached hydrogens (tertiary/aromatic N) is 1. The van der Waals surface area contributed by atoms with Crippen LogP contribution >= 0.6 is 0 Å². The molecule has 1 aliphatic heterocycles. The zero-order chi connectivity index (χ0) is 17.6. The van der Waals surface area contributed by atoms with Crippen LogP contribution in [0, 0.1) is 0 Å². The monoisotopic (exact) mass is 346 g/mol. The van der Waals surface area contributed by atoms with Gasteiger partial charge in [0, 0.05) is 24.8 Å². The second-order valence-corrected chi connectivity index (χ2v) is 6.05. The van der Waals surface area contributed by atoms with Gasteiger partial charge in [0.05, 0.1) is 18.2 Å². The Morgan fingerprint density at radius 2 is 2.12 bits per heavy atom. The number of fused-ring (bicyclic) bond motifs is 1. The van der Waals surface area contributed by atoms with Gasteiger partial charge >= 0.3 is 0 Å². The number of nitrogens with one attached hydrogen (secondary N) is 1. The lowest BCUT2D eigenvalue weighted by Gasteiger charge is -2.07. The maximum atomic E-state index is 11.9. The Bertz CT molecular complexity index is 726. The Hall–Kier alpha value is -2.54. The average Bonchev–Trinajstić information content (AvgIpc) is 3.22. The van der Waals surface area contributed by atoms with Gasteiger partial charge in [0.15, 0.2) is 17.3 Å². The molecule has 1 amide bonds. The van der Waals surface area contributed by atoms with Crippen molar-refractivity contribution in [3.05, 3.63) is 30.0 Å². The summed E-state index contributed by atoms with van der Waals surface area (Å²) in [5.41, 5.74) is 1.41. The molecule has 0 spiro atoms. The maximum absolute atomic E-state index is 11.9. The zero-order valence-corrected chi connectivity index (χ0v) is 14.4. The van der Waals surface area contributed by atoms with Gasteiger partial charge in [0.25, 0.3) is 0 Å². The number of ether oxygens (including phenoxy) is 3. The van der Waals surface area contributed by atoms with Crippen molar-refractivity contribution in [2.45, 2.75) is 32.8 Å². The van der Waals surface area contributed by atoms with Crippen molar-refractivity contribution in [2.24, 2.45) is 0 Å². The van der Waals surface area contributed by atoms with Gasteiger partial charge in [0.2, 0.25) is 12.7 Å². The van der Waals surface area contributed by atoms with E-state index < -0.39 is 0 Å². The highest BCUT2D eigenvalue weighted by atomic mass is 16.7. The van der Waals surface area contributed by atoms with E-state index in [4.69, 9.17) is 18.7 Å². The van der Waals surface area contributed by atoms with Crippen LogP contribution < -0.4 is 14.8 Å². The zero-order valence-electron chi connectivity index (χ0n) is 14.4. The molecule has 2 heterocycles. The van der Waals surface area contributed by atoms with Crippen LogP contribution in [0.1, 0.15) is 26.0 Å². The molecule has 1 N–H and O–H groups in total. The summed E-state index contributed by atoms with van der Waals surface area (Å²) < 4.78 is 21.4. The van der Waals surface area contributed by atoms with Crippen LogP contribution in [0.3, 0.4) is 0 Å². The first-order chi connectivity index (χ1) is 12.1. The van der Waals surface area contributed by atoms with E-state index in [1.54, 1.807) is 6.07 Å². The van der Waals surface area contributed by atoms with E-state index in [1.165, 1.54) is 0 Å². The van der Waals surface area contributed by atoms with Crippen molar-refractivity contribution in [2.75, 3.05) is 19.9 Å². The second-order valence-electron chi connectivity index (χ2n) is 6.05. The van der Waals surface area contributed by atoms with Crippen LogP contribution in [-0.4, -0.2) is 37.1 Å². The topological polar surface area (TPSA) is 82.8 Å². The van der Waals surface area contributed by atoms with Gasteiger partial charge in [-0.3, -0.25) is 4.79 Å². The molecule has 0 saturated heterocycles. The first-order valence-corrected chi connectivity index (χ1v) is 8.36. The minimum absolute atomic E-state index is 0.0879. The molecule has 3 rings (SSSR count). The minimum Gasteiger partial charge on any atom is -0.454 e.